The third-order valence-corrected chi connectivity index (χ3v) is 4.01. The van der Waals surface area contributed by atoms with Crippen molar-refractivity contribution in [3.63, 3.8) is 0 Å². The first-order valence-electron chi connectivity index (χ1n) is 7.39. The third kappa shape index (κ3) is 2.93. The van der Waals surface area contributed by atoms with Crippen LogP contribution in [0.1, 0.15) is 21.6 Å². The fourth-order valence-corrected chi connectivity index (χ4v) is 2.70. The highest BCUT2D eigenvalue weighted by atomic mass is 16.5. The van der Waals surface area contributed by atoms with E-state index in [9.17, 15) is 4.79 Å². The van der Waals surface area contributed by atoms with Gasteiger partial charge in [-0.2, -0.15) is 0 Å². The summed E-state index contributed by atoms with van der Waals surface area (Å²) in [6.45, 7) is 3.10. The Morgan fingerprint density at radius 3 is 3.05 bits per heavy atom. The van der Waals surface area contributed by atoms with Crippen LogP contribution in [0, 0.1) is 12.8 Å². The second kappa shape index (κ2) is 6.13. The Morgan fingerprint density at radius 2 is 2.32 bits per heavy atom. The van der Waals surface area contributed by atoms with Gasteiger partial charge in [0.15, 0.2) is 0 Å². The van der Waals surface area contributed by atoms with Crippen molar-refractivity contribution in [2.24, 2.45) is 5.92 Å². The van der Waals surface area contributed by atoms with E-state index in [0.29, 0.717) is 18.7 Å². The minimum atomic E-state index is -0.0423. The van der Waals surface area contributed by atoms with Gasteiger partial charge in [-0.15, -0.1) is 0 Å². The summed E-state index contributed by atoms with van der Waals surface area (Å²) in [5.74, 6) is 1.92. The van der Waals surface area contributed by atoms with Crippen molar-refractivity contribution >= 4 is 5.91 Å². The van der Waals surface area contributed by atoms with Crippen molar-refractivity contribution in [1.29, 1.82) is 0 Å². The van der Waals surface area contributed by atoms with Crippen LogP contribution in [0.5, 0.6) is 11.5 Å². The van der Waals surface area contributed by atoms with E-state index in [-0.39, 0.29) is 11.8 Å². The summed E-state index contributed by atoms with van der Waals surface area (Å²) in [4.78, 5) is 15.1. The molecule has 0 aliphatic carbocycles. The topological polar surface area (TPSA) is 63.4 Å². The fourth-order valence-electron chi connectivity index (χ4n) is 2.70. The Kier molecular flexibility index (Phi) is 4.04. The number of hydrogen-bond acceptors (Lipinski definition) is 3. The molecule has 3 rings (SSSR count). The Morgan fingerprint density at radius 1 is 1.45 bits per heavy atom. The SMILES string of the molecule is COc1ccc2c(c1)OC[C@@H](CNC(=O)c1cc[nH]c1C)C2. The van der Waals surface area contributed by atoms with E-state index in [1.165, 1.54) is 0 Å². The molecule has 5 nitrogen and oxygen atoms in total. The lowest BCUT2D eigenvalue weighted by atomic mass is 9.96. The highest BCUT2D eigenvalue weighted by Crippen LogP contribution is 2.30. The van der Waals surface area contributed by atoms with Crippen molar-refractivity contribution in [2.45, 2.75) is 13.3 Å². The van der Waals surface area contributed by atoms with Crippen molar-refractivity contribution in [2.75, 3.05) is 20.3 Å². The molecule has 1 atom stereocenters. The number of aryl methyl sites for hydroxylation is 1. The number of hydrogen-bond donors (Lipinski definition) is 2. The summed E-state index contributed by atoms with van der Waals surface area (Å²) in [5.41, 5.74) is 2.74. The van der Waals surface area contributed by atoms with Crippen molar-refractivity contribution in [1.82, 2.24) is 10.3 Å². The van der Waals surface area contributed by atoms with E-state index in [1.54, 1.807) is 19.4 Å². The number of benzene rings is 1. The third-order valence-electron chi connectivity index (χ3n) is 4.01. The lowest BCUT2D eigenvalue weighted by Crippen LogP contribution is -2.34. The number of methoxy groups -OCH3 is 1. The quantitative estimate of drug-likeness (QED) is 0.911. The van der Waals surface area contributed by atoms with Gasteiger partial charge >= 0.3 is 0 Å². The van der Waals surface area contributed by atoms with Gasteiger partial charge in [0, 0.05) is 30.4 Å². The number of aromatic amines is 1. The molecule has 1 aliphatic rings. The number of ether oxygens (including phenoxy) is 2. The van der Waals surface area contributed by atoms with Crippen molar-refractivity contribution < 1.29 is 14.3 Å². The molecule has 2 aromatic rings. The van der Waals surface area contributed by atoms with Gasteiger partial charge in [-0.3, -0.25) is 4.79 Å². The van der Waals surface area contributed by atoms with Gasteiger partial charge in [0.05, 0.1) is 19.3 Å². The molecule has 2 N–H and O–H groups in total. The molecule has 1 aliphatic heterocycles. The summed E-state index contributed by atoms with van der Waals surface area (Å²) in [6.07, 6.45) is 2.67. The van der Waals surface area contributed by atoms with Crippen LogP contribution >= 0.6 is 0 Å². The lowest BCUT2D eigenvalue weighted by Gasteiger charge is -2.25. The van der Waals surface area contributed by atoms with Crippen LogP contribution in [0.2, 0.25) is 0 Å². The van der Waals surface area contributed by atoms with E-state index in [0.717, 1.165) is 29.2 Å². The Balaban J connectivity index is 1.59. The summed E-state index contributed by atoms with van der Waals surface area (Å²) in [6, 6.07) is 7.67. The van der Waals surface area contributed by atoms with Crippen LogP contribution in [0.25, 0.3) is 0 Å². The average Bonchev–Trinajstić information content (AvgIpc) is 2.98. The predicted molar refractivity (Wildman–Crippen MR) is 83.5 cm³/mol. The first-order valence-corrected chi connectivity index (χ1v) is 7.39. The van der Waals surface area contributed by atoms with Gasteiger partial charge < -0.3 is 19.8 Å². The zero-order valence-corrected chi connectivity index (χ0v) is 12.8. The highest BCUT2D eigenvalue weighted by Gasteiger charge is 2.21. The number of rotatable bonds is 4. The van der Waals surface area contributed by atoms with Crippen molar-refractivity contribution in [3.8, 4) is 11.5 Å². The molecule has 5 heteroatoms. The normalized spacial score (nSPS) is 16.5. The lowest BCUT2D eigenvalue weighted by molar-refractivity contribution is 0.0938. The smallest absolute Gasteiger partial charge is 0.253 e. The van der Waals surface area contributed by atoms with E-state index in [2.05, 4.69) is 10.3 Å². The maximum absolute atomic E-state index is 12.1. The van der Waals surface area contributed by atoms with Crippen LogP contribution in [0.4, 0.5) is 0 Å². The van der Waals surface area contributed by atoms with Crippen LogP contribution < -0.4 is 14.8 Å². The predicted octanol–water partition coefficient (Wildman–Crippen LogP) is 2.31. The van der Waals surface area contributed by atoms with Gasteiger partial charge in [-0.25, -0.2) is 0 Å². The second-order valence-corrected chi connectivity index (χ2v) is 5.58. The molecule has 0 bridgehead atoms. The molecule has 0 saturated carbocycles. The highest BCUT2D eigenvalue weighted by molar-refractivity contribution is 5.95. The van der Waals surface area contributed by atoms with Crippen LogP contribution in [-0.4, -0.2) is 31.2 Å². The van der Waals surface area contributed by atoms with Gasteiger partial charge in [-0.1, -0.05) is 6.07 Å². The summed E-state index contributed by atoms with van der Waals surface area (Å²) in [5, 5.41) is 2.99. The van der Waals surface area contributed by atoms with E-state index < -0.39 is 0 Å². The number of amides is 1. The minimum Gasteiger partial charge on any atom is -0.497 e. The summed E-state index contributed by atoms with van der Waals surface area (Å²) >= 11 is 0. The monoisotopic (exact) mass is 300 g/mol. The molecule has 0 unspecified atom stereocenters. The molecular formula is C17H20N2O3. The first-order chi connectivity index (χ1) is 10.7. The molecule has 2 heterocycles. The number of carbonyl (C=O) groups is 1. The maximum Gasteiger partial charge on any atom is 0.253 e. The van der Waals surface area contributed by atoms with Gasteiger partial charge in [-0.05, 0) is 31.0 Å². The molecular weight excluding hydrogens is 280 g/mol. The molecule has 0 spiro atoms. The Bertz CT molecular complexity index is 678. The first kappa shape index (κ1) is 14.5. The largest absolute Gasteiger partial charge is 0.497 e. The molecule has 1 aromatic carbocycles. The van der Waals surface area contributed by atoms with Gasteiger partial charge in [0.25, 0.3) is 5.91 Å². The molecule has 1 aromatic heterocycles. The fraction of sp³-hybridized carbons (Fsp3) is 0.353. The van der Waals surface area contributed by atoms with Crippen molar-refractivity contribution in [3.05, 3.63) is 47.3 Å². The average molecular weight is 300 g/mol. The number of nitrogens with one attached hydrogen (secondary N) is 2. The molecule has 116 valence electrons. The van der Waals surface area contributed by atoms with Crippen LogP contribution in [0.15, 0.2) is 30.5 Å². The number of H-pyrrole nitrogens is 1. The zero-order chi connectivity index (χ0) is 15.5. The van der Waals surface area contributed by atoms with Gasteiger partial charge in [0.1, 0.15) is 11.5 Å². The molecule has 0 radical (unpaired) electrons. The summed E-state index contributed by atoms with van der Waals surface area (Å²) in [7, 11) is 1.64. The Labute approximate surface area is 129 Å². The van der Waals surface area contributed by atoms with Crippen LogP contribution in [0.3, 0.4) is 0 Å². The summed E-state index contributed by atoms with van der Waals surface area (Å²) < 4.78 is 11.0. The van der Waals surface area contributed by atoms with Crippen LogP contribution in [-0.2, 0) is 6.42 Å². The van der Waals surface area contributed by atoms with Gasteiger partial charge in [0.2, 0.25) is 0 Å². The standard InChI is InChI=1S/C17H20N2O3/c1-11-15(5-6-18-11)17(20)19-9-12-7-13-3-4-14(21-2)8-16(13)22-10-12/h3-6,8,12,18H,7,9-10H2,1-2H3,(H,19,20)/t12-/m1/s1. The van der Waals surface area contributed by atoms with E-state index in [1.807, 2.05) is 25.1 Å². The number of carbonyl (C=O) groups excluding carboxylic acids is 1. The molecule has 22 heavy (non-hydrogen) atoms. The minimum absolute atomic E-state index is 0.0423. The molecule has 1 amide bonds. The maximum atomic E-state index is 12.1. The Hall–Kier alpha value is -2.43. The van der Waals surface area contributed by atoms with E-state index in [4.69, 9.17) is 9.47 Å². The van der Waals surface area contributed by atoms with E-state index >= 15 is 0 Å². The molecule has 0 saturated heterocycles. The number of aromatic nitrogens is 1. The number of fused-ring (bicyclic) bond motifs is 1. The zero-order valence-electron chi connectivity index (χ0n) is 12.8. The molecule has 0 fully saturated rings. The second-order valence-electron chi connectivity index (χ2n) is 5.58.